The van der Waals surface area contributed by atoms with Gasteiger partial charge in [0.15, 0.2) is 11.6 Å². The summed E-state index contributed by atoms with van der Waals surface area (Å²) in [6, 6.07) is 0. The Morgan fingerprint density at radius 1 is 0.588 bits per heavy atom. The van der Waals surface area contributed by atoms with Gasteiger partial charge >= 0.3 is 15.6 Å². The molecule has 0 aromatic heterocycles. The van der Waals surface area contributed by atoms with Crippen LogP contribution >= 0.6 is 15.6 Å². The summed E-state index contributed by atoms with van der Waals surface area (Å²) in [6.45, 7) is 15.7. The molecule has 34 heavy (non-hydrogen) atoms. The van der Waals surface area contributed by atoms with Crippen LogP contribution in [0.2, 0.25) is 0 Å². The molecule has 0 fully saturated rings. The number of hydrogen-bond donors (Lipinski definition) is 0. The maximum Gasteiger partial charge on any atom is 0.530 e. The summed E-state index contributed by atoms with van der Waals surface area (Å²) in [7, 11) is -8.71. The van der Waals surface area contributed by atoms with Crippen molar-refractivity contribution in [2.24, 2.45) is 0 Å². The number of phosphoric acid groups is 2. The van der Waals surface area contributed by atoms with E-state index < -0.39 is 49.6 Å². The first-order chi connectivity index (χ1) is 15.5. The monoisotopic (exact) mass is 530 g/mol. The first-order valence-electron chi connectivity index (χ1n) is 11.2. The standard InChI is InChI=1S/C22H38F2O8P2/c1-11-27-33(25,28-12-2)31-19-16(22(8,9)10)17(23)15(21(5,6)7)18(24)20(19)32-34(26,29-13-3)30-14-4/h11-14H2,1-10H3. The van der Waals surface area contributed by atoms with Crippen LogP contribution in [0.4, 0.5) is 8.78 Å². The van der Waals surface area contributed by atoms with Crippen LogP contribution < -0.4 is 9.05 Å². The third-order valence-corrected chi connectivity index (χ3v) is 7.46. The summed E-state index contributed by atoms with van der Waals surface area (Å²) in [4.78, 5) is 0. The van der Waals surface area contributed by atoms with E-state index in [1.807, 2.05) is 0 Å². The average Bonchev–Trinajstić information content (AvgIpc) is 2.63. The molecule has 0 aliphatic rings. The average molecular weight is 530 g/mol. The van der Waals surface area contributed by atoms with Gasteiger partial charge in [0.25, 0.3) is 0 Å². The van der Waals surface area contributed by atoms with E-state index in [-0.39, 0.29) is 37.6 Å². The van der Waals surface area contributed by atoms with Gasteiger partial charge in [-0.1, -0.05) is 41.5 Å². The van der Waals surface area contributed by atoms with Gasteiger partial charge < -0.3 is 9.05 Å². The highest BCUT2D eigenvalue weighted by Gasteiger charge is 2.43. The molecule has 0 spiro atoms. The Labute approximate surface area is 201 Å². The molecular weight excluding hydrogens is 492 g/mol. The molecule has 12 heteroatoms. The number of phosphoric ester groups is 2. The molecule has 1 aromatic rings. The highest BCUT2D eigenvalue weighted by atomic mass is 31.2. The van der Waals surface area contributed by atoms with E-state index in [1.54, 1.807) is 69.2 Å². The Balaban J connectivity index is 4.14. The summed E-state index contributed by atoms with van der Waals surface area (Å²) in [6.07, 6.45) is 0. The molecule has 1 aromatic carbocycles. The molecule has 0 aliphatic heterocycles. The quantitative estimate of drug-likeness (QED) is 0.254. The maximum absolute atomic E-state index is 16.0. The second-order valence-corrected chi connectivity index (χ2v) is 12.5. The van der Waals surface area contributed by atoms with Crippen molar-refractivity contribution in [2.45, 2.75) is 80.1 Å². The van der Waals surface area contributed by atoms with E-state index in [2.05, 4.69) is 0 Å². The van der Waals surface area contributed by atoms with Gasteiger partial charge in [-0.15, -0.1) is 0 Å². The van der Waals surface area contributed by atoms with Crippen molar-refractivity contribution in [1.82, 2.24) is 0 Å². The van der Waals surface area contributed by atoms with Gasteiger partial charge in [0, 0.05) is 11.1 Å². The Hall–Kier alpha value is -1.02. The lowest BCUT2D eigenvalue weighted by atomic mass is 9.79. The van der Waals surface area contributed by atoms with Crippen molar-refractivity contribution in [3.05, 3.63) is 22.8 Å². The van der Waals surface area contributed by atoms with Crippen LogP contribution in [0.5, 0.6) is 11.5 Å². The molecule has 198 valence electrons. The minimum atomic E-state index is -4.36. The minimum absolute atomic E-state index is 0.0697. The van der Waals surface area contributed by atoms with E-state index in [0.29, 0.717) is 0 Å². The smallest absolute Gasteiger partial charge is 0.399 e. The highest BCUT2D eigenvalue weighted by molar-refractivity contribution is 7.49. The molecule has 0 unspecified atom stereocenters. The number of benzene rings is 1. The molecule has 0 aliphatic carbocycles. The van der Waals surface area contributed by atoms with Gasteiger partial charge in [0.1, 0.15) is 5.82 Å². The van der Waals surface area contributed by atoms with Crippen LogP contribution in [0.15, 0.2) is 0 Å². The molecular formula is C22H38F2O8P2. The predicted octanol–water partition coefficient (Wildman–Crippen LogP) is 7.68. The third-order valence-electron chi connectivity index (χ3n) is 4.35. The highest BCUT2D eigenvalue weighted by Crippen LogP contribution is 2.60. The maximum atomic E-state index is 16.0. The van der Waals surface area contributed by atoms with Crippen LogP contribution in [-0.4, -0.2) is 26.4 Å². The molecule has 0 saturated carbocycles. The van der Waals surface area contributed by atoms with Crippen molar-refractivity contribution in [1.29, 1.82) is 0 Å². The molecule has 0 amide bonds. The molecule has 0 atom stereocenters. The number of rotatable bonds is 12. The van der Waals surface area contributed by atoms with E-state index in [0.717, 1.165) is 0 Å². The molecule has 0 N–H and O–H groups in total. The Morgan fingerprint density at radius 2 is 0.912 bits per heavy atom. The van der Waals surface area contributed by atoms with E-state index in [1.165, 1.54) is 0 Å². The van der Waals surface area contributed by atoms with Crippen LogP contribution in [0.1, 0.15) is 80.4 Å². The summed E-state index contributed by atoms with van der Waals surface area (Å²) in [5.74, 6) is -3.46. The molecule has 0 saturated heterocycles. The summed E-state index contributed by atoms with van der Waals surface area (Å²) >= 11 is 0. The zero-order valence-electron chi connectivity index (χ0n) is 21.7. The lowest BCUT2D eigenvalue weighted by Crippen LogP contribution is -2.24. The van der Waals surface area contributed by atoms with Crippen molar-refractivity contribution in [3.63, 3.8) is 0 Å². The second-order valence-electron chi connectivity index (χ2n) is 9.28. The van der Waals surface area contributed by atoms with Crippen molar-refractivity contribution in [3.8, 4) is 11.5 Å². The van der Waals surface area contributed by atoms with Crippen LogP contribution in [0.3, 0.4) is 0 Å². The summed E-state index contributed by atoms with van der Waals surface area (Å²) < 4.78 is 90.1. The van der Waals surface area contributed by atoms with Gasteiger partial charge in [0.05, 0.1) is 26.4 Å². The Morgan fingerprint density at radius 3 is 1.21 bits per heavy atom. The van der Waals surface area contributed by atoms with Crippen LogP contribution in [0, 0.1) is 11.6 Å². The predicted molar refractivity (Wildman–Crippen MR) is 127 cm³/mol. The van der Waals surface area contributed by atoms with E-state index in [4.69, 9.17) is 27.1 Å². The fourth-order valence-electron chi connectivity index (χ4n) is 3.18. The summed E-state index contributed by atoms with van der Waals surface area (Å²) in [5, 5.41) is 0. The molecule has 0 bridgehead atoms. The molecule has 8 nitrogen and oxygen atoms in total. The van der Waals surface area contributed by atoms with Crippen molar-refractivity contribution in [2.75, 3.05) is 26.4 Å². The lowest BCUT2D eigenvalue weighted by Gasteiger charge is -2.32. The van der Waals surface area contributed by atoms with Gasteiger partial charge in [0.2, 0.25) is 5.75 Å². The fraction of sp³-hybridized carbons (Fsp3) is 0.727. The number of hydrogen-bond acceptors (Lipinski definition) is 8. The molecule has 0 radical (unpaired) electrons. The lowest BCUT2D eigenvalue weighted by molar-refractivity contribution is 0.154. The Kier molecular flexibility index (Phi) is 10.8. The van der Waals surface area contributed by atoms with E-state index in [9.17, 15) is 9.13 Å². The number of halogens is 2. The molecule has 1 rings (SSSR count). The largest absolute Gasteiger partial charge is 0.530 e. The third kappa shape index (κ3) is 7.49. The zero-order valence-corrected chi connectivity index (χ0v) is 23.5. The fourth-order valence-corrected chi connectivity index (χ4v) is 5.59. The Bertz CT molecular complexity index is 919. The van der Waals surface area contributed by atoms with Gasteiger partial charge in [-0.25, -0.2) is 17.9 Å². The first-order valence-corrected chi connectivity index (χ1v) is 14.2. The zero-order chi connectivity index (χ0) is 26.5. The normalized spacial score (nSPS) is 13.3. The molecule has 0 heterocycles. The topological polar surface area (TPSA) is 89.5 Å². The summed E-state index contributed by atoms with van der Waals surface area (Å²) in [5.41, 5.74) is -2.53. The first kappa shape index (κ1) is 31.0. The van der Waals surface area contributed by atoms with Crippen molar-refractivity contribution < 1.29 is 45.1 Å². The van der Waals surface area contributed by atoms with Gasteiger partial charge in [-0.2, -0.15) is 0 Å². The van der Waals surface area contributed by atoms with Crippen LogP contribution in [0.25, 0.3) is 0 Å². The van der Waals surface area contributed by atoms with Gasteiger partial charge in [-0.05, 0) is 38.5 Å². The minimum Gasteiger partial charge on any atom is -0.399 e. The van der Waals surface area contributed by atoms with Crippen molar-refractivity contribution >= 4 is 15.6 Å². The van der Waals surface area contributed by atoms with Crippen LogP contribution in [-0.2, 0) is 38.1 Å². The SMILES string of the molecule is CCOP(=O)(OCC)Oc1c(F)c(C(C)(C)C)c(F)c(C(C)(C)C)c1OP(=O)(OCC)OCC. The second kappa shape index (κ2) is 11.8. The van der Waals surface area contributed by atoms with E-state index >= 15 is 8.78 Å². The van der Waals surface area contributed by atoms with Gasteiger partial charge in [-0.3, -0.25) is 18.1 Å².